The maximum Gasteiger partial charge on any atom is 0.313 e. The van der Waals surface area contributed by atoms with Crippen LogP contribution in [-0.4, -0.2) is 48.1 Å². The van der Waals surface area contributed by atoms with Gasteiger partial charge in [-0.05, 0) is 24.5 Å². The molecule has 0 bridgehead atoms. The Labute approximate surface area is 128 Å². The van der Waals surface area contributed by atoms with Crippen LogP contribution in [0.1, 0.15) is 12.0 Å². The highest BCUT2D eigenvalue weighted by Gasteiger charge is 2.15. The van der Waals surface area contributed by atoms with Gasteiger partial charge in [0.1, 0.15) is 0 Å². The van der Waals surface area contributed by atoms with E-state index in [4.69, 9.17) is 5.11 Å². The van der Waals surface area contributed by atoms with Gasteiger partial charge in [0.15, 0.2) is 0 Å². The van der Waals surface area contributed by atoms with Gasteiger partial charge in [-0.15, -0.1) is 11.8 Å². The number of nitrogens with zero attached hydrogens (tertiary/aromatic N) is 1. The second-order valence-electron chi connectivity index (χ2n) is 4.96. The molecule has 0 fully saturated rings. The molecule has 1 heterocycles. The van der Waals surface area contributed by atoms with Crippen LogP contribution in [0.3, 0.4) is 0 Å². The van der Waals surface area contributed by atoms with E-state index in [2.05, 4.69) is 28.4 Å². The number of hydrogen-bond donors (Lipinski definition) is 2. The number of hydrogen-bond acceptors (Lipinski definition) is 4. The Bertz CT molecular complexity index is 507. The lowest BCUT2D eigenvalue weighted by Gasteiger charge is -2.31. The average molecular weight is 308 g/mol. The number of aryl methyl sites for hydroxylation is 1. The van der Waals surface area contributed by atoms with Crippen LogP contribution in [0.4, 0.5) is 5.69 Å². The largest absolute Gasteiger partial charge is 0.481 e. The Morgan fingerprint density at radius 2 is 2.10 bits per heavy atom. The molecule has 1 aliphatic heterocycles. The van der Waals surface area contributed by atoms with Gasteiger partial charge in [-0.25, -0.2) is 0 Å². The van der Waals surface area contributed by atoms with Gasteiger partial charge in [-0.1, -0.05) is 18.2 Å². The first kappa shape index (κ1) is 15.7. The number of aliphatic carboxylic acids is 1. The number of carboxylic acid groups (broad SMARTS) is 1. The number of fused-ring (bicyclic) bond motifs is 1. The van der Waals surface area contributed by atoms with Crippen LogP contribution < -0.4 is 10.2 Å². The maximum atomic E-state index is 11.6. The molecule has 0 spiro atoms. The molecule has 21 heavy (non-hydrogen) atoms. The maximum absolute atomic E-state index is 11.6. The van der Waals surface area contributed by atoms with Crippen molar-refractivity contribution in [1.82, 2.24) is 5.32 Å². The molecule has 2 rings (SSSR count). The average Bonchev–Trinajstić information content (AvgIpc) is 2.47. The first-order valence-electron chi connectivity index (χ1n) is 7.06. The summed E-state index contributed by atoms with van der Waals surface area (Å²) in [5, 5.41) is 11.3. The summed E-state index contributed by atoms with van der Waals surface area (Å²) in [4.78, 5) is 24.2. The summed E-state index contributed by atoms with van der Waals surface area (Å²) in [6.45, 7) is 2.38. The highest BCUT2D eigenvalue weighted by atomic mass is 32.2. The molecular weight excluding hydrogens is 288 g/mol. The Hall–Kier alpha value is -1.69. The van der Waals surface area contributed by atoms with Crippen LogP contribution in [0.5, 0.6) is 0 Å². The molecule has 0 unspecified atom stereocenters. The molecule has 0 radical (unpaired) electrons. The lowest BCUT2D eigenvalue weighted by Crippen LogP contribution is -2.38. The highest BCUT2D eigenvalue weighted by Crippen LogP contribution is 2.25. The summed E-state index contributed by atoms with van der Waals surface area (Å²) in [5.74, 6) is -0.834. The third-order valence-corrected chi connectivity index (χ3v) is 4.29. The number of carbonyl (C=O) groups is 2. The molecule has 2 N–H and O–H groups in total. The van der Waals surface area contributed by atoms with Crippen LogP contribution >= 0.6 is 11.8 Å². The number of nitrogens with one attached hydrogen (secondary N) is 1. The molecule has 5 nitrogen and oxygen atoms in total. The van der Waals surface area contributed by atoms with Gasteiger partial charge in [0.25, 0.3) is 0 Å². The van der Waals surface area contributed by atoms with E-state index in [-0.39, 0.29) is 17.4 Å². The van der Waals surface area contributed by atoms with Crippen molar-refractivity contribution in [3.8, 4) is 0 Å². The van der Waals surface area contributed by atoms with Crippen LogP contribution in [-0.2, 0) is 16.0 Å². The van der Waals surface area contributed by atoms with Gasteiger partial charge < -0.3 is 15.3 Å². The van der Waals surface area contributed by atoms with E-state index in [1.54, 1.807) is 0 Å². The molecule has 114 valence electrons. The third-order valence-electron chi connectivity index (χ3n) is 3.37. The van der Waals surface area contributed by atoms with Crippen molar-refractivity contribution in [1.29, 1.82) is 0 Å². The Balaban J connectivity index is 1.72. The van der Waals surface area contributed by atoms with E-state index in [9.17, 15) is 9.59 Å². The predicted octanol–water partition coefficient (Wildman–Crippen LogP) is 1.37. The number of amides is 1. The van der Waals surface area contributed by atoms with Crippen molar-refractivity contribution in [3.05, 3.63) is 29.8 Å². The van der Waals surface area contributed by atoms with Gasteiger partial charge in [-0.2, -0.15) is 0 Å². The van der Waals surface area contributed by atoms with Gasteiger partial charge in [-0.3, -0.25) is 9.59 Å². The minimum Gasteiger partial charge on any atom is -0.481 e. The fourth-order valence-corrected chi connectivity index (χ4v) is 3.02. The van der Waals surface area contributed by atoms with E-state index in [1.165, 1.54) is 11.3 Å². The van der Waals surface area contributed by atoms with Crippen molar-refractivity contribution in [3.63, 3.8) is 0 Å². The fourth-order valence-electron chi connectivity index (χ4n) is 2.46. The first-order chi connectivity index (χ1) is 10.2. The van der Waals surface area contributed by atoms with Gasteiger partial charge in [0.05, 0.1) is 11.5 Å². The number of thioether (sulfide) groups is 1. The summed E-state index contributed by atoms with van der Waals surface area (Å²) in [5.41, 5.74) is 2.63. The molecular formula is C15H20N2O3S. The van der Waals surface area contributed by atoms with Crippen molar-refractivity contribution >= 4 is 29.3 Å². The Kier molecular flexibility index (Phi) is 5.92. The highest BCUT2D eigenvalue weighted by molar-refractivity contribution is 8.00. The smallest absolute Gasteiger partial charge is 0.313 e. The zero-order valence-corrected chi connectivity index (χ0v) is 12.7. The second-order valence-corrected chi connectivity index (χ2v) is 5.94. The molecule has 1 aromatic carbocycles. The zero-order chi connectivity index (χ0) is 15.1. The molecule has 0 saturated carbocycles. The second kappa shape index (κ2) is 7.93. The van der Waals surface area contributed by atoms with Crippen LogP contribution in [0.25, 0.3) is 0 Å². The third kappa shape index (κ3) is 4.97. The summed E-state index contributed by atoms with van der Waals surface area (Å²) in [7, 11) is 0. The predicted molar refractivity (Wildman–Crippen MR) is 84.9 cm³/mol. The molecule has 1 aromatic rings. The van der Waals surface area contributed by atoms with Crippen LogP contribution in [0.2, 0.25) is 0 Å². The number of carbonyl (C=O) groups excluding carboxylic acids is 1. The lowest BCUT2D eigenvalue weighted by atomic mass is 10.0. The van der Waals surface area contributed by atoms with Crippen LogP contribution in [0.15, 0.2) is 24.3 Å². The summed E-state index contributed by atoms with van der Waals surface area (Å²) >= 11 is 1.12. The van der Waals surface area contributed by atoms with E-state index in [1.807, 2.05) is 6.07 Å². The lowest BCUT2D eigenvalue weighted by molar-refractivity contribution is -0.133. The number of anilines is 1. The standard InChI is InChI=1S/C15H20N2O3S/c18-14(10-21-11-15(19)20)16-7-9-17-8-3-5-12-4-1-2-6-13(12)17/h1-2,4,6H,3,5,7-11H2,(H,16,18)(H,19,20). The number of para-hydroxylation sites is 1. The molecule has 1 amide bonds. The molecule has 0 saturated heterocycles. The minimum atomic E-state index is -0.891. The normalized spacial score (nSPS) is 13.6. The summed E-state index contributed by atoms with van der Waals surface area (Å²) in [6.07, 6.45) is 2.25. The summed E-state index contributed by atoms with van der Waals surface area (Å²) in [6, 6.07) is 8.38. The topological polar surface area (TPSA) is 69.6 Å². The Morgan fingerprint density at radius 1 is 1.29 bits per heavy atom. The van der Waals surface area contributed by atoms with E-state index >= 15 is 0 Å². The number of carboxylic acids is 1. The first-order valence-corrected chi connectivity index (χ1v) is 8.21. The van der Waals surface area contributed by atoms with Crippen LogP contribution in [0, 0.1) is 0 Å². The Morgan fingerprint density at radius 3 is 2.90 bits per heavy atom. The molecule has 6 heteroatoms. The summed E-state index contributed by atoms with van der Waals surface area (Å²) < 4.78 is 0. The van der Waals surface area contributed by atoms with E-state index in [0.29, 0.717) is 6.54 Å². The number of benzene rings is 1. The van der Waals surface area contributed by atoms with Gasteiger partial charge >= 0.3 is 5.97 Å². The van der Waals surface area contributed by atoms with Crippen molar-refractivity contribution in [2.75, 3.05) is 36.0 Å². The molecule has 1 aliphatic rings. The SMILES string of the molecule is O=C(O)CSCC(=O)NCCN1CCCc2ccccc21. The van der Waals surface area contributed by atoms with Gasteiger partial charge in [0, 0.05) is 25.3 Å². The molecule has 0 aliphatic carbocycles. The quantitative estimate of drug-likeness (QED) is 0.796. The fraction of sp³-hybridized carbons (Fsp3) is 0.467. The zero-order valence-electron chi connectivity index (χ0n) is 11.9. The van der Waals surface area contributed by atoms with Crippen molar-refractivity contribution in [2.45, 2.75) is 12.8 Å². The molecule has 0 aromatic heterocycles. The monoisotopic (exact) mass is 308 g/mol. The van der Waals surface area contributed by atoms with E-state index < -0.39 is 5.97 Å². The molecule has 0 atom stereocenters. The van der Waals surface area contributed by atoms with E-state index in [0.717, 1.165) is 37.7 Å². The number of rotatable bonds is 7. The minimum absolute atomic E-state index is 0.0348. The van der Waals surface area contributed by atoms with Crippen molar-refractivity contribution < 1.29 is 14.7 Å². The van der Waals surface area contributed by atoms with Crippen molar-refractivity contribution in [2.24, 2.45) is 0 Å². The van der Waals surface area contributed by atoms with Gasteiger partial charge in [0.2, 0.25) is 5.91 Å².